The Morgan fingerprint density at radius 1 is 1.07 bits per heavy atom. The lowest BCUT2D eigenvalue weighted by molar-refractivity contribution is -0.132. The van der Waals surface area contributed by atoms with Crippen molar-refractivity contribution in [2.45, 2.75) is 43.9 Å². The second-order valence-electron chi connectivity index (χ2n) is 7.38. The molecule has 0 unspecified atom stereocenters. The quantitative estimate of drug-likeness (QED) is 0.800. The normalized spacial score (nSPS) is 19.4. The molecule has 2 amide bonds. The molecule has 1 aromatic rings. The summed E-state index contributed by atoms with van der Waals surface area (Å²) in [5.74, 6) is -0.343. The smallest absolute Gasteiger partial charge is 0.244 e. The minimum atomic E-state index is -3.69. The highest BCUT2D eigenvalue weighted by molar-refractivity contribution is 7.89. The van der Waals surface area contributed by atoms with Gasteiger partial charge in [0.2, 0.25) is 21.8 Å². The minimum Gasteiger partial charge on any atom is -0.343 e. The highest BCUT2D eigenvalue weighted by atomic mass is 35.5. The number of nitrogens with zero attached hydrogens (tertiary/aromatic N) is 2. The molecule has 2 heterocycles. The van der Waals surface area contributed by atoms with E-state index >= 15 is 0 Å². The molecule has 7 nitrogen and oxygen atoms in total. The predicted octanol–water partition coefficient (Wildman–Crippen LogP) is 2.71. The Morgan fingerprint density at radius 2 is 1.71 bits per heavy atom. The summed E-state index contributed by atoms with van der Waals surface area (Å²) in [6, 6.07) is 4.56. The van der Waals surface area contributed by atoms with Gasteiger partial charge in [-0.15, -0.1) is 0 Å². The van der Waals surface area contributed by atoms with Crippen LogP contribution >= 0.6 is 11.6 Å². The Labute approximate surface area is 171 Å². The van der Waals surface area contributed by atoms with Crippen LogP contribution in [0.4, 0.5) is 5.69 Å². The SMILES string of the molecule is CC(=O)N1CCC(C(=O)Nc2ccc(Cl)c(S(=O)(=O)N3CCCCC3)c2)CC1. The molecule has 0 atom stereocenters. The molecule has 1 N–H and O–H groups in total. The molecule has 3 rings (SSSR count). The largest absolute Gasteiger partial charge is 0.343 e. The van der Waals surface area contributed by atoms with Gasteiger partial charge in [-0.25, -0.2) is 8.42 Å². The number of halogens is 1. The van der Waals surface area contributed by atoms with E-state index in [0.29, 0.717) is 44.7 Å². The van der Waals surface area contributed by atoms with Crippen LogP contribution in [0.15, 0.2) is 23.1 Å². The van der Waals surface area contributed by atoms with Gasteiger partial charge in [0.15, 0.2) is 0 Å². The molecule has 2 fully saturated rings. The molecular weight excluding hydrogens is 402 g/mol. The third-order valence-corrected chi connectivity index (χ3v) is 7.82. The first kappa shape index (κ1) is 21.1. The Bertz CT molecular complexity index is 845. The van der Waals surface area contributed by atoms with Crippen LogP contribution in [0.25, 0.3) is 0 Å². The summed E-state index contributed by atoms with van der Waals surface area (Å²) < 4.78 is 27.3. The van der Waals surface area contributed by atoms with Crippen LogP contribution in [-0.4, -0.2) is 55.6 Å². The number of amides is 2. The molecule has 0 aromatic heterocycles. The van der Waals surface area contributed by atoms with E-state index in [2.05, 4.69) is 5.32 Å². The Morgan fingerprint density at radius 3 is 2.32 bits per heavy atom. The first-order valence-electron chi connectivity index (χ1n) is 9.65. The predicted molar refractivity (Wildman–Crippen MR) is 108 cm³/mol. The number of sulfonamides is 1. The molecule has 154 valence electrons. The maximum absolute atomic E-state index is 12.9. The molecule has 0 saturated carbocycles. The van der Waals surface area contributed by atoms with Crippen LogP contribution < -0.4 is 5.32 Å². The van der Waals surface area contributed by atoms with Crippen molar-refractivity contribution in [3.05, 3.63) is 23.2 Å². The van der Waals surface area contributed by atoms with Gasteiger partial charge in [0.1, 0.15) is 4.90 Å². The molecule has 1 aromatic carbocycles. The topological polar surface area (TPSA) is 86.8 Å². The van der Waals surface area contributed by atoms with Crippen molar-refractivity contribution >= 4 is 39.1 Å². The van der Waals surface area contributed by atoms with Crippen LogP contribution in [-0.2, 0) is 19.6 Å². The maximum atomic E-state index is 12.9. The first-order valence-corrected chi connectivity index (χ1v) is 11.5. The lowest BCUT2D eigenvalue weighted by Gasteiger charge is -2.30. The molecule has 2 aliphatic rings. The molecule has 0 aliphatic carbocycles. The molecule has 9 heteroatoms. The number of piperidine rings is 2. The van der Waals surface area contributed by atoms with Gasteiger partial charge in [-0.3, -0.25) is 9.59 Å². The zero-order valence-electron chi connectivity index (χ0n) is 16.0. The van der Waals surface area contributed by atoms with Gasteiger partial charge >= 0.3 is 0 Å². The van der Waals surface area contributed by atoms with E-state index in [-0.39, 0.29) is 27.7 Å². The number of carbonyl (C=O) groups excluding carboxylic acids is 2. The van der Waals surface area contributed by atoms with Crippen LogP contribution in [0.5, 0.6) is 0 Å². The third kappa shape index (κ3) is 4.67. The number of benzene rings is 1. The van der Waals surface area contributed by atoms with Crippen LogP contribution in [0.3, 0.4) is 0 Å². The van der Waals surface area contributed by atoms with Crippen molar-refractivity contribution in [2.75, 3.05) is 31.5 Å². The van der Waals surface area contributed by atoms with Crippen molar-refractivity contribution in [1.82, 2.24) is 9.21 Å². The van der Waals surface area contributed by atoms with E-state index in [1.165, 1.54) is 23.4 Å². The minimum absolute atomic E-state index is 0.0177. The summed E-state index contributed by atoms with van der Waals surface area (Å²) in [4.78, 5) is 25.8. The Hall–Kier alpha value is -1.64. The summed E-state index contributed by atoms with van der Waals surface area (Å²) in [5, 5.41) is 2.97. The number of anilines is 1. The zero-order valence-corrected chi connectivity index (χ0v) is 17.6. The lowest BCUT2D eigenvalue weighted by Crippen LogP contribution is -2.40. The molecular formula is C19H26ClN3O4S. The summed E-state index contributed by atoms with van der Waals surface area (Å²) >= 11 is 6.17. The third-order valence-electron chi connectivity index (χ3n) is 5.44. The van der Waals surface area contributed by atoms with E-state index in [0.717, 1.165) is 19.3 Å². The van der Waals surface area contributed by atoms with Gasteiger partial charge in [0, 0.05) is 44.7 Å². The number of nitrogens with one attached hydrogen (secondary N) is 1. The maximum Gasteiger partial charge on any atom is 0.244 e. The molecule has 0 radical (unpaired) electrons. The van der Waals surface area contributed by atoms with Crippen molar-refractivity contribution in [2.24, 2.45) is 5.92 Å². The second-order valence-corrected chi connectivity index (χ2v) is 9.69. The van der Waals surface area contributed by atoms with Gasteiger partial charge in [-0.1, -0.05) is 18.0 Å². The van der Waals surface area contributed by atoms with Gasteiger partial charge in [-0.2, -0.15) is 4.31 Å². The van der Waals surface area contributed by atoms with Crippen molar-refractivity contribution in [1.29, 1.82) is 0 Å². The fraction of sp³-hybridized carbons (Fsp3) is 0.579. The molecule has 2 saturated heterocycles. The monoisotopic (exact) mass is 427 g/mol. The van der Waals surface area contributed by atoms with E-state index in [4.69, 9.17) is 11.6 Å². The van der Waals surface area contributed by atoms with Crippen LogP contribution in [0, 0.1) is 5.92 Å². The van der Waals surface area contributed by atoms with Crippen molar-refractivity contribution < 1.29 is 18.0 Å². The van der Waals surface area contributed by atoms with Crippen LogP contribution in [0.1, 0.15) is 39.0 Å². The number of likely N-dealkylation sites (tertiary alicyclic amines) is 1. The highest BCUT2D eigenvalue weighted by Gasteiger charge is 2.29. The fourth-order valence-electron chi connectivity index (χ4n) is 3.72. The molecule has 28 heavy (non-hydrogen) atoms. The fourth-order valence-corrected chi connectivity index (χ4v) is 5.74. The summed E-state index contributed by atoms with van der Waals surface area (Å²) in [7, 11) is -3.69. The zero-order chi connectivity index (χ0) is 20.3. The van der Waals surface area contributed by atoms with Gasteiger partial charge < -0.3 is 10.2 Å². The van der Waals surface area contributed by atoms with Gasteiger partial charge in [0.25, 0.3) is 0 Å². The summed E-state index contributed by atoms with van der Waals surface area (Å²) in [5.41, 5.74) is 0.416. The summed E-state index contributed by atoms with van der Waals surface area (Å²) in [6.45, 7) is 3.62. The number of rotatable bonds is 4. The van der Waals surface area contributed by atoms with Crippen LogP contribution in [0.2, 0.25) is 5.02 Å². The van der Waals surface area contributed by atoms with Crippen molar-refractivity contribution in [3.63, 3.8) is 0 Å². The second kappa shape index (κ2) is 8.80. The van der Waals surface area contributed by atoms with Crippen molar-refractivity contribution in [3.8, 4) is 0 Å². The van der Waals surface area contributed by atoms with Gasteiger partial charge in [0.05, 0.1) is 5.02 Å². The summed E-state index contributed by atoms with van der Waals surface area (Å²) in [6.07, 6.45) is 3.90. The number of hydrogen-bond donors (Lipinski definition) is 1. The Balaban J connectivity index is 1.71. The number of carbonyl (C=O) groups is 2. The average Bonchev–Trinajstić information content (AvgIpc) is 2.70. The number of hydrogen-bond acceptors (Lipinski definition) is 4. The molecule has 0 bridgehead atoms. The highest BCUT2D eigenvalue weighted by Crippen LogP contribution is 2.30. The molecule has 2 aliphatic heterocycles. The van der Waals surface area contributed by atoms with E-state index in [1.54, 1.807) is 11.0 Å². The van der Waals surface area contributed by atoms with E-state index in [9.17, 15) is 18.0 Å². The Kier molecular flexibility index (Phi) is 6.62. The van der Waals surface area contributed by atoms with E-state index in [1.807, 2.05) is 0 Å². The van der Waals surface area contributed by atoms with Gasteiger partial charge in [-0.05, 0) is 43.9 Å². The van der Waals surface area contributed by atoms with E-state index < -0.39 is 10.0 Å². The average molecular weight is 428 g/mol. The lowest BCUT2D eigenvalue weighted by atomic mass is 9.96. The first-order chi connectivity index (χ1) is 13.3. The standard InChI is InChI=1S/C19H26ClN3O4S/c1-14(24)22-11-7-15(8-12-22)19(25)21-16-5-6-17(20)18(13-16)28(26,27)23-9-3-2-4-10-23/h5-6,13,15H,2-4,7-12H2,1H3,(H,21,25). The molecule has 0 spiro atoms.